The Balaban J connectivity index is 0.00000306. The van der Waals surface area contributed by atoms with Crippen molar-refractivity contribution in [3.8, 4) is 0 Å². The third-order valence-corrected chi connectivity index (χ3v) is 5.34. The van der Waals surface area contributed by atoms with E-state index in [2.05, 4.69) is 20.8 Å². The average molecular weight is 468 g/mol. The Labute approximate surface area is 200 Å². The molecule has 4 aromatic rings. The van der Waals surface area contributed by atoms with Gasteiger partial charge in [-0.2, -0.15) is 0 Å². The van der Waals surface area contributed by atoms with Crippen molar-refractivity contribution in [1.82, 2.24) is 14.5 Å². The van der Waals surface area contributed by atoms with Crippen LogP contribution in [-0.2, 0) is 29.3 Å². The van der Waals surface area contributed by atoms with E-state index in [0.29, 0.717) is 25.6 Å². The molecule has 0 saturated heterocycles. The largest absolute Gasteiger partial charge is 0.391 e. The fourth-order valence-corrected chi connectivity index (χ4v) is 3.78. The Morgan fingerprint density at radius 2 is 1.79 bits per heavy atom. The molecule has 0 amide bonds. The topological polar surface area (TPSA) is 87.6 Å². The molecule has 2 heterocycles. The van der Waals surface area contributed by atoms with Crippen molar-refractivity contribution in [3.63, 3.8) is 0 Å². The van der Waals surface area contributed by atoms with Crippen LogP contribution in [0, 0.1) is 0 Å². The Hall–Kier alpha value is -3.16. The first-order valence-electron chi connectivity index (χ1n) is 11.0. The molecule has 2 aromatic heterocycles. The maximum Gasteiger partial charge on any atom is 0.152 e. The Morgan fingerprint density at radius 1 is 1.03 bits per heavy atom. The van der Waals surface area contributed by atoms with Crippen LogP contribution < -0.4 is 5.73 Å². The number of pyridine rings is 1. The number of nitrogen functional groups attached to an aromatic ring is 1. The molecule has 0 unspecified atom stereocenters. The van der Waals surface area contributed by atoms with Gasteiger partial charge in [-0.1, -0.05) is 53.7 Å². The molecule has 0 bridgehead atoms. The van der Waals surface area contributed by atoms with Crippen molar-refractivity contribution in [3.05, 3.63) is 66.0 Å². The minimum atomic E-state index is 0. The molecule has 8 heteroatoms. The zero-order valence-electron chi connectivity index (χ0n) is 19.0. The number of aromatic nitrogens is 3. The number of aryl methyl sites for hydroxylation is 1. The number of benzene rings is 2. The van der Waals surface area contributed by atoms with Gasteiger partial charge in [-0.25, -0.2) is 9.97 Å². The van der Waals surface area contributed by atoms with Gasteiger partial charge in [0, 0.05) is 18.5 Å². The van der Waals surface area contributed by atoms with E-state index in [0.717, 1.165) is 58.4 Å². The third kappa shape index (κ3) is 5.80. The van der Waals surface area contributed by atoms with E-state index in [9.17, 15) is 0 Å². The lowest BCUT2D eigenvalue weighted by molar-refractivity contribution is 0.125. The van der Waals surface area contributed by atoms with Crippen LogP contribution >= 0.6 is 12.4 Å². The van der Waals surface area contributed by atoms with Gasteiger partial charge in [-0.15, -0.1) is 12.4 Å². The first-order chi connectivity index (χ1) is 15.7. The zero-order chi connectivity index (χ0) is 22.3. The van der Waals surface area contributed by atoms with Gasteiger partial charge in [0.2, 0.25) is 0 Å². The molecule has 0 radical (unpaired) electrons. The molecule has 0 spiro atoms. The van der Waals surface area contributed by atoms with Gasteiger partial charge in [-0.05, 0) is 38.3 Å². The standard InChI is InChI=1S/C25H29N5O2.ClH/c1-3-31-17-22-28-23-24(20-13-7-8-14-21(20)27-25(23)26)30(22)15-9-10-18(2)29-32-16-19-11-5-4-6-12-19;/h4-8,11-14H,3,9-10,15-17H2,1-2H3,(H2,26,27);1H. The molecular weight excluding hydrogens is 438 g/mol. The van der Waals surface area contributed by atoms with Crippen LogP contribution in [0.5, 0.6) is 0 Å². The van der Waals surface area contributed by atoms with Crippen LogP contribution in [0.2, 0.25) is 0 Å². The zero-order valence-corrected chi connectivity index (χ0v) is 19.8. The van der Waals surface area contributed by atoms with Gasteiger partial charge in [0.15, 0.2) is 5.82 Å². The fraction of sp³-hybridized carbons (Fsp3) is 0.320. The monoisotopic (exact) mass is 467 g/mol. The maximum absolute atomic E-state index is 6.25. The van der Waals surface area contributed by atoms with Crippen LogP contribution in [0.4, 0.5) is 5.82 Å². The number of anilines is 1. The van der Waals surface area contributed by atoms with Crippen molar-refractivity contribution in [2.75, 3.05) is 12.3 Å². The Bertz CT molecular complexity index is 1220. The van der Waals surface area contributed by atoms with Gasteiger partial charge in [-0.3, -0.25) is 0 Å². The van der Waals surface area contributed by atoms with Crippen LogP contribution in [0.1, 0.15) is 38.1 Å². The molecule has 2 aromatic carbocycles. The summed E-state index contributed by atoms with van der Waals surface area (Å²) in [6.07, 6.45) is 1.71. The lowest BCUT2D eigenvalue weighted by Gasteiger charge is -2.11. The minimum Gasteiger partial charge on any atom is -0.391 e. The molecule has 0 fully saturated rings. The van der Waals surface area contributed by atoms with Crippen LogP contribution in [-0.4, -0.2) is 26.9 Å². The van der Waals surface area contributed by atoms with Gasteiger partial charge in [0.05, 0.1) is 16.7 Å². The second-order valence-corrected chi connectivity index (χ2v) is 7.72. The molecule has 2 N–H and O–H groups in total. The summed E-state index contributed by atoms with van der Waals surface area (Å²) in [6, 6.07) is 18.1. The number of nitrogens with zero attached hydrogens (tertiary/aromatic N) is 4. The van der Waals surface area contributed by atoms with Gasteiger partial charge in [0.25, 0.3) is 0 Å². The van der Waals surface area contributed by atoms with Crippen LogP contribution in [0.3, 0.4) is 0 Å². The highest BCUT2D eigenvalue weighted by Gasteiger charge is 2.17. The van der Waals surface area contributed by atoms with Crippen LogP contribution in [0.15, 0.2) is 59.8 Å². The summed E-state index contributed by atoms with van der Waals surface area (Å²) in [4.78, 5) is 14.8. The van der Waals surface area contributed by atoms with Crippen molar-refractivity contribution < 1.29 is 9.57 Å². The first kappa shape index (κ1) is 24.5. The number of hydrogen-bond acceptors (Lipinski definition) is 6. The lowest BCUT2D eigenvalue weighted by atomic mass is 10.1. The second kappa shape index (κ2) is 11.6. The molecule has 0 saturated carbocycles. The summed E-state index contributed by atoms with van der Waals surface area (Å²) >= 11 is 0. The number of halogens is 1. The molecule has 0 aliphatic rings. The number of rotatable bonds is 10. The van der Waals surface area contributed by atoms with E-state index in [1.165, 1.54) is 0 Å². The summed E-state index contributed by atoms with van der Waals surface area (Å²) in [5, 5.41) is 5.32. The molecule has 0 aliphatic carbocycles. The van der Waals surface area contributed by atoms with E-state index in [-0.39, 0.29) is 12.4 Å². The van der Waals surface area contributed by atoms with E-state index in [1.54, 1.807) is 0 Å². The second-order valence-electron chi connectivity index (χ2n) is 7.72. The third-order valence-electron chi connectivity index (χ3n) is 5.34. The first-order valence-corrected chi connectivity index (χ1v) is 11.0. The number of para-hydroxylation sites is 1. The molecule has 7 nitrogen and oxygen atoms in total. The quantitative estimate of drug-likeness (QED) is 0.246. The molecule has 174 valence electrons. The molecule has 4 rings (SSSR count). The average Bonchev–Trinajstić information content (AvgIpc) is 3.18. The Morgan fingerprint density at radius 3 is 2.58 bits per heavy atom. The number of oxime groups is 1. The normalized spacial score (nSPS) is 11.6. The van der Waals surface area contributed by atoms with E-state index >= 15 is 0 Å². The predicted molar refractivity (Wildman–Crippen MR) is 136 cm³/mol. The highest BCUT2D eigenvalue weighted by molar-refractivity contribution is 6.06. The molecule has 0 aliphatic heterocycles. The number of fused-ring (bicyclic) bond motifs is 3. The number of imidazole rings is 1. The predicted octanol–water partition coefficient (Wildman–Crippen LogP) is 5.50. The van der Waals surface area contributed by atoms with Crippen molar-refractivity contribution >= 4 is 45.9 Å². The van der Waals surface area contributed by atoms with E-state index < -0.39 is 0 Å². The number of nitrogens with two attached hydrogens (primary N) is 1. The van der Waals surface area contributed by atoms with Gasteiger partial charge < -0.3 is 19.9 Å². The SMILES string of the molecule is CCOCc1nc2c(N)nc3ccccc3c2n1CCCC(C)=NOCc1ccccc1.Cl. The summed E-state index contributed by atoms with van der Waals surface area (Å²) < 4.78 is 7.89. The molecule has 33 heavy (non-hydrogen) atoms. The lowest BCUT2D eigenvalue weighted by Crippen LogP contribution is -2.08. The highest BCUT2D eigenvalue weighted by atomic mass is 35.5. The Kier molecular flexibility index (Phi) is 8.63. The maximum atomic E-state index is 6.25. The highest BCUT2D eigenvalue weighted by Crippen LogP contribution is 2.29. The summed E-state index contributed by atoms with van der Waals surface area (Å²) in [7, 11) is 0. The fourth-order valence-electron chi connectivity index (χ4n) is 3.78. The van der Waals surface area contributed by atoms with Crippen molar-refractivity contribution in [2.24, 2.45) is 5.16 Å². The number of ether oxygens (including phenoxy) is 1. The van der Waals surface area contributed by atoms with Crippen molar-refractivity contribution in [2.45, 2.75) is 46.4 Å². The van der Waals surface area contributed by atoms with Crippen molar-refractivity contribution in [1.29, 1.82) is 0 Å². The summed E-state index contributed by atoms with van der Waals surface area (Å²) in [5.74, 6) is 1.31. The smallest absolute Gasteiger partial charge is 0.152 e. The molecule has 0 atom stereocenters. The number of hydrogen-bond donors (Lipinski definition) is 1. The minimum absolute atomic E-state index is 0. The van der Waals surface area contributed by atoms with Gasteiger partial charge in [0.1, 0.15) is 24.6 Å². The van der Waals surface area contributed by atoms with E-state index in [4.69, 9.17) is 20.3 Å². The summed E-state index contributed by atoms with van der Waals surface area (Å²) in [5.41, 5.74) is 10.9. The molecular formula is C25H30ClN5O2. The van der Waals surface area contributed by atoms with E-state index in [1.807, 2.05) is 62.4 Å². The van der Waals surface area contributed by atoms with Crippen LogP contribution in [0.25, 0.3) is 21.9 Å². The van der Waals surface area contributed by atoms with Gasteiger partial charge >= 0.3 is 0 Å². The summed E-state index contributed by atoms with van der Waals surface area (Å²) in [6.45, 7) is 6.29.